The Kier molecular flexibility index (Phi) is 6.52. The third-order valence-electron chi connectivity index (χ3n) is 1.74. The Morgan fingerprint density at radius 3 is 2.47 bits per heavy atom. The quantitative estimate of drug-likeness (QED) is 0.540. The molecule has 0 heterocycles. The molecule has 90 valence electrons. The molecule has 0 amide bonds. The lowest BCUT2D eigenvalue weighted by Crippen LogP contribution is -2.39. The molecule has 0 aliphatic carbocycles. The highest BCUT2D eigenvalue weighted by Gasteiger charge is 2.19. The maximum absolute atomic E-state index is 11.3. The normalized spacial score (nSPS) is 13.7. The Balaban J connectivity index is 3.70. The van der Waals surface area contributed by atoms with Crippen LogP contribution in [0.5, 0.6) is 0 Å². The Morgan fingerprint density at radius 2 is 2.00 bits per heavy atom. The molecule has 0 aromatic rings. The van der Waals surface area contributed by atoms with Crippen molar-refractivity contribution in [3.05, 3.63) is 0 Å². The van der Waals surface area contributed by atoms with E-state index in [9.17, 15) is 4.79 Å². The first kappa shape index (κ1) is 14.4. The highest BCUT2D eigenvalue weighted by atomic mass is 16.5. The summed E-state index contributed by atoms with van der Waals surface area (Å²) in [5, 5.41) is 0. The molecule has 0 radical (unpaired) electrons. The number of ether oxygens (including phenoxy) is 2. The van der Waals surface area contributed by atoms with Crippen molar-refractivity contribution in [3.63, 3.8) is 0 Å². The molecule has 0 saturated heterocycles. The topological polar surface area (TPSA) is 61.5 Å². The molecular weight excluding hydrogens is 194 g/mol. The van der Waals surface area contributed by atoms with Gasteiger partial charge in [-0.05, 0) is 27.2 Å². The van der Waals surface area contributed by atoms with E-state index in [2.05, 4.69) is 0 Å². The molecule has 0 aliphatic heterocycles. The average molecular weight is 217 g/mol. The summed E-state index contributed by atoms with van der Waals surface area (Å²) < 4.78 is 10.4. The summed E-state index contributed by atoms with van der Waals surface area (Å²) in [6.45, 7) is 8.44. The summed E-state index contributed by atoms with van der Waals surface area (Å²) in [4.78, 5) is 11.3. The van der Waals surface area contributed by atoms with Crippen LogP contribution in [0.2, 0.25) is 0 Å². The summed E-state index contributed by atoms with van der Waals surface area (Å²) in [6.07, 6.45) is 1.87. The van der Waals surface area contributed by atoms with Crippen LogP contribution in [0.4, 0.5) is 0 Å². The minimum Gasteiger partial charge on any atom is -0.464 e. The summed E-state index contributed by atoms with van der Waals surface area (Å²) in [5.41, 5.74) is 5.33. The predicted molar refractivity (Wildman–Crippen MR) is 59.5 cm³/mol. The number of carbonyl (C=O) groups excluding carboxylic acids is 1. The molecule has 1 atom stereocenters. The molecule has 0 aromatic carbocycles. The van der Waals surface area contributed by atoms with Crippen LogP contribution in [0.25, 0.3) is 0 Å². The number of rotatable bonds is 6. The van der Waals surface area contributed by atoms with Crippen LogP contribution in [0.3, 0.4) is 0 Å². The molecule has 2 N–H and O–H groups in total. The minimum atomic E-state index is -0.680. The second-order valence-electron chi connectivity index (χ2n) is 4.55. The van der Waals surface area contributed by atoms with E-state index in [0.29, 0.717) is 6.61 Å². The standard InChI is InChI=1S/C11H23NO3/c1-5-6-7-14-10(13)9(12)8-15-11(2,3)4/h9H,5-8,12H2,1-4H3. The SMILES string of the molecule is CCCCOC(=O)C(N)COC(C)(C)C. The van der Waals surface area contributed by atoms with Gasteiger partial charge in [0.1, 0.15) is 6.04 Å². The van der Waals surface area contributed by atoms with Gasteiger partial charge in [-0.1, -0.05) is 13.3 Å². The third-order valence-corrected chi connectivity index (χ3v) is 1.74. The number of hydrogen-bond donors (Lipinski definition) is 1. The van der Waals surface area contributed by atoms with Crippen LogP contribution in [0.15, 0.2) is 0 Å². The lowest BCUT2D eigenvalue weighted by atomic mass is 10.2. The van der Waals surface area contributed by atoms with Crippen LogP contribution >= 0.6 is 0 Å². The Hall–Kier alpha value is -0.610. The molecule has 0 saturated carbocycles. The molecule has 0 spiro atoms. The van der Waals surface area contributed by atoms with Crippen LogP contribution < -0.4 is 5.73 Å². The van der Waals surface area contributed by atoms with E-state index in [1.165, 1.54) is 0 Å². The third kappa shape index (κ3) is 8.39. The predicted octanol–water partition coefficient (Wildman–Crippen LogP) is 1.47. The van der Waals surface area contributed by atoms with E-state index in [1.807, 2.05) is 27.7 Å². The van der Waals surface area contributed by atoms with E-state index in [0.717, 1.165) is 12.8 Å². The molecule has 0 fully saturated rings. The fourth-order valence-corrected chi connectivity index (χ4v) is 0.832. The first-order valence-electron chi connectivity index (χ1n) is 5.43. The molecule has 0 aliphatic rings. The Bertz CT molecular complexity index is 187. The summed E-state index contributed by atoms with van der Waals surface area (Å²) >= 11 is 0. The Morgan fingerprint density at radius 1 is 1.40 bits per heavy atom. The van der Waals surface area contributed by atoms with E-state index in [-0.39, 0.29) is 18.2 Å². The van der Waals surface area contributed by atoms with Gasteiger partial charge in [0, 0.05) is 0 Å². The molecule has 1 unspecified atom stereocenters. The average Bonchev–Trinajstić information content (AvgIpc) is 2.13. The van der Waals surface area contributed by atoms with Crippen LogP contribution in [0.1, 0.15) is 40.5 Å². The van der Waals surface area contributed by atoms with Gasteiger partial charge in [0.2, 0.25) is 0 Å². The zero-order valence-corrected chi connectivity index (χ0v) is 10.2. The van der Waals surface area contributed by atoms with E-state index in [4.69, 9.17) is 15.2 Å². The van der Waals surface area contributed by atoms with E-state index >= 15 is 0 Å². The van der Waals surface area contributed by atoms with Crippen molar-refractivity contribution in [2.45, 2.75) is 52.2 Å². The lowest BCUT2D eigenvalue weighted by molar-refractivity contribution is -0.148. The second-order valence-corrected chi connectivity index (χ2v) is 4.55. The van der Waals surface area contributed by atoms with Gasteiger partial charge in [-0.25, -0.2) is 0 Å². The van der Waals surface area contributed by atoms with E-state index in [1.54, 1.807) is 0 Å². The second kappa shape index (κ2) is 6.80. The number of carbonyl (C=O) groups is 1. The van der Waals surface area contributed by atoms with E-state index < -0.39 is 6.04 Å². The molecule has 4 nitrogen and oxygen atoms in total. The number of unbranched alkanes of at least 4 members (excludes halogenated alkanes) is 1. The molecule has 0 aromatic heterocycles. The van der Waals surface area contributed by atoms with Crippen molar-refractivity contribution < 1.29 is 14.3 Å². The monoisotopic (exact) mass is 217 g/mol. The van der Waals surface area contributed by atoms with Crippen LogP contribution in [0, 0.1) is 0 Å². The highest BCUT2D eigenvalue weighted by molar-refractivity contribution is 5.75. The smallest absolute Gasteiger partial charge is 0.325 e. The summed E-state index contributed by atoms with van der Waals surface area (Å²) in [7, 11) is 0. The zero-order valence-electron chi connectivity index (χ0n) is 10.2. The van der Waals surface area contributed by atoms with Crippen LogP contribution in [-0.2, 0) is 14.3 Å². The van der Waals surface area contributed by atoms with Crippen molar-refractivity contribution in [1.82, 2.24) is 0 Å². The van der Waals surface area contributed by atoms with Gasteiger partial charge < -0.3 is 15.2 Å². The lowest BCUT2D eigenvalue weighted by Gasteiger charge is -2.21. The van der Waals surface area contributed by atoms with Gasteiger partial charge in [-0.2, -0.15) is 0 Å². The Labute approximate surface area is 92.1 Å². The fraction of sp³-hybridized carbons (Fsp3) is 0.909. The largest absolute Gasteiger partial charge is 0.464 e. The molecular formula is C11H23NO3. The maximum atomic E-state index is 11.3. The van der Waals surface area contributed by atoms with Crippen molar-refractivity contribution in [1.29, 1.82) is 0 Å². The molecule has 4 heteroatoms. The minimum absolute atomic E-state index is 0.203. The van der Waals surface area contributed by atoms with Gasteiger partial charge in [-0.15, -0.1) is 0 Å². The van der Waals surface area contributed by atoms with Gasteiger partial charge in [0.05, 0.1) is 18.8 Å². The first-order chi connectivity index (χ1) is 6.87. The summed E-state index contributed by atoms with van der Waals surface area (Å²) in [5.74, 6) is -0.382. The van der Waals surface area contributed by atoms with Crippen molar-refractivity contribution in [3.8, 4) is 0 Å². The van der Waals surface area contributed by atoms with Crippen molar-refractivity contribution >= 4 is 5.97 Å². The first-order valence-corrected chi connectivity index (χ1v) is 5.43. The van der Waals surface area contributed by atoms with Gasteiger partial charge >= 0.3 is 5.97 Å². The summed E-state index contributed by atoms with van der Waals surface area (Å²) in [6, 6.07) is -0.680. The van der Waals surface area contributed by atoms with Crippen LogP contribution in [-0.4, -0.2) is 30.8 Å². The highest BCUT2D eigenvalue weighted by Crippen LogP contribution is 2.06. The number of hydrogen-bond acceptors (Lipinski definition) is 4. The molecule has 0 rings (SSSR count). The molecule has 0 bridgehead atoms. The van der Waals surface area contributed by atoms with Crippen molar-refractivity contribution in [2.75, 3.05) is 13.2 Å². The van der Waals surface area contributed by atoms with Crippen molar-refractivity contribution in [2.24, 2.45) is 5.73 Å². The zero-order chi connectivity index (χ0) is 11.9. The van der Waals surface area contributed by atoms with Gasteiger partial charge in [0.15, 0.2) is 0 Å². The maximum Gasteiger partial charge on any atom is 0.325 e. The number of esters is 1. The fourth-order valence-electron chi connectivity index (χ4n) is 0.832. The number of nitrogens with two attached hydrogens (primary N) is 1. The van der Waals surface area contributed by atoms with Gasteiger partial charge in [0.25, 0.3) is 0 Å². The molecule has 15 heavy (non-hydrogen) atoms. The van der Waals surface area contributed by atoms with Gasteiger partial charge in [-0.3, -0.25) is 4.79 Å².